The summed E-state index contributed by atoms with van der Waals surface area (Å²) in [5.41, 5.74) is 0.561. The van der Waals surface area contributed by atoms with Crippen LogP contribution in [0.3, 0.4) is 0 Å². The monoisotopic (exact) mass is 454 g/mol. The topological polar surface area (TPSA) is 75.6 Å². The van der Waals surface area contributed by atoms with Gasteiger partial charge in [0.1, 0.15) is 17.2 Å². The van der Waals surface area contributed by atoms with Gasteiger partial charge in [-0.05, 0) is 41.5 Å². The van der Waals surface area contributed by atoms with Gasteiger partial charge in [-0.3, -0.25) is 4.79 Å². The summed E-state index contributed by atoms with van der Waals surface area (Å²) in [5.74, 6) is 0.240. The lowest BCUT2D eigenvalue weighted by molar-refractivity contribution is -0.152. The van der Waals surface area contributed by atoms with E-state index in [-0.39, 0.29) is 36.5 Å². The molecule has 1 heterocycles. The lowest BCUT2D eigenvalue weighted by Gasteiger charge is -2.19. The van der Waals surface area contributed by atoms with Crippen molar-refractivity contribution in [3.8, 4) is 0 Å². The third-order valence-electron chi connectivity index (χ3n) is 2.61. The number of rotatable bonds is 5. The van der Waals surface area contributed by atoms with Crippen LogP contribution in [0.5, 0.6) is 0 Å². The summed E-state index contributed by atoms with van der Waals surface area (Å²) in [7, 11) is 0. The summed E-state index contributed by atoms with van der Waals surface area (Å²) < 4.78 is 5.24. The molecule has 0 unspecified atom stereocenters. The third kappa shape index (κ3) is 9.09. The molecule has 2 N–H and O–H groups in total. The molecule has 0 aromatic carbocycles. The first kappa shape index (κ1) is 22.1. The molecule has 0 aliphatic heterocycles. The van der Waals surface area contributed by atoms with E-state index in [1.807, 2.05) is 34.6 Å². The van der Waals surface area contributed by atoms with Gasteiger partial charge in [0.05, 0.1) is 12.2 Å². The molecule has 1 rings (SSSR count). The Labute approximate surface area is 159 Å². The Morgan fingerprint density at radius 1 is 1.30 bits per heavy atom. The van der Waals surface area contributed by atoms with Crippen LogP contribution in [0.15, 0.2) is 4.99 Å². The molecule has 0 amide bonds. The normalized spacial score (nSPS) is 11.7. The van der Waals surface area contributed by atoms with Crippen LogP contribution in [0, 0.1) is 13.8 Å². The van der Waals surface area contributed by atoms with Crippen LogP contribution >= 0.6 is 35.3 Å². The molecular weight excluding hydrogens is 427 g/mol. The van der Waals surface area contributed by atoms with Crippen molar-refractivity contribution in [2.75, 3.05) is 13.1 Å². The van der Waals surface area contributed by atoms with Gasteiger partial charge in [0.2, 0.25) is 0 Å². The van der Waals surface area contributed by atoms with Crippen molar-refractivity contribution in [1.82, 2.24) is 15.6 Å². The predicted molar refractivity (Wildman–Crippen MR) is 106 cm³/mol. The third-order valence-corrected chi connectivity index (χ3v) is 3.68. The van der Waals surface area contributed by atoms with Gasteiger partial charge < -0.3 is 15.4 Å². The second kappa shape index (κ2) is 10.1. The highest BCUT2D eigenvalue weighted by atomic mass is 127. The standard InChI is InChI=1S/C15H26N4O2S.HI/c1-7-16-14(18-9-13(20)21-15(4,5)6)17-8-12-19-10(2)11(3)22-12;/h7-9H2,1-6H3,(H2,16,17,18);1H. The van der Waals surface area contributed by atoms with Crippen LogP contribution in [-0.2, 0) is 16.1 Å². The molecule has 0 aliphatic rings. The zero-order valence-electron chi connectivity index (χ0n) is 14.6. The molecule has 0 spiro atoms. The number of thiazole rings is 1. The van der Waals surface area contributed by atoms with Gasteiger partial charge in [-0.2, -0.15) is 0 Å². The number of guanidine groups is 1. The van der Waals surface area contributed by atoms with E-state index < -0.39 is 5.60 Å². The highest BCUT2D eigenvalue weighted by Crippen LogP contribution is 2.15. The summed E-state index contributed by atoms with van der Waals surface area (Å²) >= 11 is 1.66. The van der Waals surface area contributed by atoms with E-state index in [4.69, 9.17) is 4.74 Å². The maximum absolute atomic E-state index is 11.7. The lowest BCUT2D eigenvalue weighted by Crippen LogP contribution is -2.37. The van der Waals surface area contributed by atoms with Crippen molar-refractivity contribution in [2.45, 2.75) is 53.7 Å². The summed E-state index contributed by atoms with van der Waals surface area (Å²) in [6.07, 6.45) is 0. The minimum absolute atomic E-state index is 0. The van der Waals surface area contributed by atoms with Crippen LogP contribution < -0.4 is 10.6 Å². The minimum Gasteiger partial charge on any atom is -0.459 e. The Hall–Kier alpha value is -0.900. The summed E-state index contributed by atoms with van der Waals surface area (Å²) in [6.45, 7) is 12.8. The maximum atomic E-state index is 11.7. The molecule has 0 saturated carbocycles. The Morgan fingerprint density at radius 2 is 1.96 bits per heavy atom. The average molecular weight is 454 g/mol. The van der Waals surface area contributed by atoms with Crippen LogP contribution in [0.1, 0.15) is 43.3 Å². The first-order valence-electron chi connectivity index (χ1n) is 7.38. The van der Waals surface area contributed by atoms with Gasteiger partial charge in [0.25, 0.3) is 0 Å². The fourth-order valence-corrected chi connectivity index (χ4v) is 2.51. The Balaban J connectivity index is 0.00000484. The fourth-order valence-electron chi connectivity index (χ4n) is 1.63. The van der Waals surface area contributed by atoms with Crippen LogP contribution in [-0.4, -0.2) is 35.6 Å². The molecule has 0 aliphatic carbocycles. The summed E-state index contributed by atoms with van der Waals surface area (Å²) in [6, 6.07) is 0. The number of aryl methyl sites for hydroxylation is 2. The van der Waals surface area contributed by atoms with Gasteiger partial charge in [-0.25, -0.2) is 9.98 Å². The van der Waals surface area contributed by atoms with E-state index in [9.17, 15) is 4.79 Å². The number of esters is 1. The van der Waals surface area contributed by atoms with Crippen molar-refractivity contribution in [3.05, 3.63) is 15.6 Å². The summed E-state index contributed by atoms with van der Waals surface area (Å²) in [5, 5.41) is 7.27. The average Bonchev–Trinajstić information content (AvgIpc) is 2.70. The number of halogens is 1. The lowest BCUT2D eigenvalue weighted by atomic mass is 10.2. The van der Waals surface area contributed by atoms with E-state index in [1.165, 1.54) is 4.88 Å². The fraction of sp³-hybridized carbons (Fsp3) is 0.667. The number of aromatic nitrogens is 1. The van der Waals surface area contributed by atoms with Crippen LogP contribution in [0.2, 0.25) is 0 Å². The van der Waals surface area contributed by atoms with E-state index >= 15 is 0 Å². The largest absolute Gasteiger partial charge is 0.459 e. The predicted octanol–water partition coefficient (Wildman–Crippen LogP) is 2.77. The molecule has 1 aromatic rings. The Bertz CT molecular complexity index is 519. The molecule has 8 heteroatoms. The molecule has 1 aromatic heterocycles. The second-order valence-corrected chi connectivity index (χ2v) is 7.17. The van der Waals surface area contributed by atoms with Gasteiger partial charge in [0, 0.05) is 11.4 Å². The SMILES string of the molecule is CCNC(=NCC(=O)OC(C)(C)C)NCc1nc(C)c(C)s1.I. The summed E-state index contributed by atoms with van der Waals surface area (Å²) in [4.78, 5) is 21.6. The number of hydrogen-bond donors (Lipinski definition) is 2. The van der Waals surface area contributed by atoms with Crippen molar-refractivity contribution in [3.63, 3.8) is 0 Å². The molecule has 0 fully saturated rings. The van der Waals surface area contributed by atoms with Crippen molar-refractivity contribution in [2.24, 2.45) is 4.99 Å². The molecule has 132 valence electrons. The minimum atomic E-state index is -0.492. The van der Waals surface area contributed by atoms with Gasteiger partial charge >= 0.3 is 5.97 Å². The number of nitrogens with one attached hydrogen (secondary N) is 2. The number of nitrogens with zero attached hydrogens (tertiary/aromatic N) is 2. The van der Waals surface area contributed by atoms with E-state index in [0.717, 1.165) is 17.2 Å². The van der Waals surface area contributed by atoms with Crippen LogP contribution in [0.25, 0.3) is 0 Å². The first-order valence-corrected chi connectivity index (χ1v) is 8.20. The Kier molecular flexibility index (Phi) is 9.67. The van der Waals surface area contributed by atoms with Gasteiger partial charge in [-0.15, -0.1) is 35.3 Å². The van der Waals surface area contributed by atoms with Gasteiger partial charge in [-0.1, -0.05) is 0 Å². The smallest absolute Gasteiger partial charge is 0.328 e. The molecule has 0 saturated heterocycles. The van der Waals surface area contributed by atoms with Crippen molar-refractivity contribution in [1.29, 1.82) is 0 Å². The molecular formula is C15H27IN4O2S. The Morgan fingerprint density at radius 3 is 2.43 bits per heavy atom. The highest BCUT2D eigenvalue weighted by molar-refractivity contribution is 14.0. The first-order chi connectivity index (χ1) is 10.2. The van der Waals surface area contributed by atoms with E-state index in [0.29, 0.717) is 12.5 Å². The number of hydrogen-bond acceptors (Lipinski definition) is 5. The van der Waals surface area contributed by atoms with Crippen LogP contribution in [0.4, 0.5) is 0 Å². The quantitative estimate of drug-likeness (QED) is 0.310. The number of carbonyl (C=O) groups is 1. The highest BCUT2D eigenvalue weighted by Gasteiger charge is 2.15. The second-order valence-electron chi connectivity index (χ2n) is 5.88. The number of carbonyl (C=O) groups excluding carboxylic acids is 1. The van der Waals surface area contributed by atoms with Gasteiger partial charge in [0.15, 0.2) is 5.96 Å². The van der Waals surface area contributed by atoms with E-state index in [2.05, 4.69) is 27.5 Å². The molecule has 23 heavy (non-hydrogen) atoms. The molecule has 6 nitrogen and oxygen atoms in total. The van der Waals surface area contributed by atoms with Crippen molar-refractivity contribution < 1.29 is 9.53 Å². The zero-order chi connectivity index (χ0) is 16.8. The zero-order valence-corrected chi connectivity index (χ0v) is 17.8. The number of ether oxygens (including phenoxy) is 1. The maximum Gasteiger partial charge on any atom is 0.328 e. The molecule has 0 bridgehead atoms. The molecule has 0 radical (unpaired) electrons. The molecule has 0 atom stereocenters. The number of aliphatic imine (C=N–C) groups is 1. The van der Waals surface area contributed by atoms with E-state index in [1.54, 1.807) is 11.3 Å². The van der Waals surface area contributed by atoms with Crippen molar-refractivity contribution >= 4 is 47.2 Å².